The molecule has 13 rings (SSSR count). The van der Waals surface area contributed by atoms with E-state index in [4.69, 9.17) is 9.47 Å². The van der Waals surface area contributed by atoms with E-state index in [0.29, 0.717) is 13.2 Å². The monoisotopic (exact) mass is 1080 g/mol. The largest absolute Gasteiger partial charge is 0.489 e. The average molecular weight is 1080 g/mol. The highest BCUT2D eigenvalue weighted by molar-refractivity contribution is 5.83. The SMILES string of the molecule is c1ccc(-c2cccc(-c3cccc(-c4ccc(N(c5ccccc5)c5ccc(OCc6ccc(COc7ccc(N(c8ccccc8)c8ccc(-c9cccc(-c%10cccc(-c%11ccccc%11)c%10)c9)cc8)cc7)cc6)cc5)cc4)c3)c2)cc1. The van der Waals surface area contributed by atoms with Crippen molar-refractivity contribution in [1.82, 2.24) is 0 Å². The minimum absolute atomic E-state index is 0.448. The topological polar surface area (TPSA) is 24.9 Å². The van der Waals surface area contributed by atoms with Crippen molar-refractivity contribution in [2.24, 2.45) is 0 Å². The van der Waals surface area contributed by atoms with Crippen LogP contribution in [0.3, 0.4) is 0 Å². The first kappa shape index (κ1) is 52.4. The third kappa shape index (κ3) is 12.2. The van der Waals surface area contributed by atoms with E-state index in [1.54, 1.807) is 0 Å². The van der Waals surface area contributed by atoms with E-state index >= 15 is 0 Å². The molecule has 0 N–H and O–H groups in total. The Hall–Kier alpha value is -10.9. The highest BCUT2D eigenvalue weighted by Crippen LogP contribution is 2.40. The highest BCUT2D eigenvalue weighted by atomic mass is 16.5. The molecule has 0 aliphatic rings. The summed E-state index contributed by atoms with van der Waals surface area (Å²) < 4.78 is 12.7. The summed E-state index contributed by atoms with van der Waals surface area (Å²) in [6.07, 6.45) is 0. The fourth-order valence-electron chi connectivity index (χ4n) is 10.9. The maximum atomic E-state index is 6.34. The van der Waals surface area contributed by atoms with Gasteiger partial charge >= 0.3 is 0 Å². The molecule has 402 valence electrons. The summed E-state index contributed by atoms with van der Waals surface area (Å²) >= 11 is 0. The van der Waals surface area contributed by atoms with Crippen LogP contribution in [0, 0.1) is 0 Å². The number of benzene rings is 13. The van der Waals surface area contributed by atoms with Gasteiger partial charge in [-0.25, -0.2) is 0 Å². The van der Waals surface area contributed by atoms with Crippen LogP contribution >= 0.6 is 0 Å². The van der Waals surface area contributed by atoms with Gasteiger partial charge in [0.05, 0.1) is 0 Å². The third-order valence-corrected chi connectivity index (χ3v) is 15.3. The summed E-state index contributed by atoms with van der Waals surface area (Å²) in [7, 11) is 0. The molecule has 13 aromatic carbocycles. The molecule has 0 aromatic heterocycles. The molecule has 0 spiro atoms. The van der Waals surface area contributed by atoms with Gasteiger partial charge in [0.2, 0.25) is 0 Å². The Labute approximate surface area is 493 Å². The first-order valence-corrected chi connectivity index (χ1v) is 28.6. The van der Waals surface area contributed by atoms with Gasteiger partial charge in [-0.05, 0) is 199 Å². The maximum absolute atomic E-state index is 6.34. The summed E-state index contributed by atoms with van der Waals surface area (Å²) in [5.74, 6) is 1.61. The standard InChI is InChI=1S/C80H60N2O2/c1-5-17-61(18-6-1)65-21-13-25-69(53-65)71-27-15-23-67(55-71)63-37-41-75(42-38-63)81(73-29-9-3-10-30-73)77-45-49-79(50-46-77)83-57-59-33-35-60(36-34-59)58-84-80-51-47-78(48-52-80)82(74-31-11-4-12-32-74)76-43-39-64(40-44-76)68-24-16-28-72(56-68)70-26-14-22-66(54-70)62-19-7-2-8-20-62/h1-56H,57-58H2. The molecule has 84 heavy (non-hydrogen) atoms. The van der Waals surface area contributed by atoms with Gasteiger partial charge in [0, 0.05) is 34.1 Å². The van der Waals surface area contributed by atoms with Crippen LogP contribution in [0.15, 0.2) is 340 Å². The lowest BCUT2D eigenvalue weighted by molar-refractivity contribution is 0.302. The van der Waals surface area contributed by atoms with Gasteiger partial charge in [-0.15, -0.1) is 0 Å². The fraction of sp³-hybridized carbons (Fsp3) is 0.0250. The van der Waals surface area contributed by atoms with Gasteiger partial charge in [-0.2, -0.15) is 0 Å². The zero-order valence-corrected chi connectivity index (χ0v) is 46.5. The van der Waals surface area contributed by atoms with Crippen molar-refractivity contribution < 1.29 is 9.47 Å². The van der Waals surface area contributed by atoms with E-state index in [2.05, 4.69) is 350 Å². The van der Waals surface area contributed by atoms with Crippen molar-refractivity contribution in [2.45, 2.75) is 13.2 Å². The predicted molar refractivity (Wildman–Crippen MR) is 350 cm³/mol. The number of rotatable bonds is 18. The van der Waals surface area contributed by atoms with Crippen molar-refractivity contribution in [1.29, 1.82) is 0 Å². The maximum Gasteiger partial charge on any atom is 0.119 e. The second-order valence-electron chi connectivity index (χ2n) is 20.9. The molecule has 0 unspecified atom stereocenters. The molecule has 13 aromatic rings. The van der Waals surface area contributed by atoms with Crippen LogP contribution < -0.4 is 19.3 Å². The van der Waals surface area contributed by atoms with Crippen LogP contribution in [0.25, 0.3) is 66.8 Å². The van der Waals surface area contributed by atoms with E-state index in [-0.39, 0.29) is 0 Å². The number of hydrogen-bond donors (Lipinski definition) is 0. The zero-order valence-electron chi connectivity index (χ0n) is 46.5. The van der Waals surface area contributed by atoms with E-state index in [9.17, 15) is 0 Å². The average Bonchev–Trinajstić information content (AvgIpc) is 3.73. The number of para-hydroxylation sites is 2. The summed E-state index contributed by atoms with van der Waals surface area (Å²) in [6.45, 7) is 0.896. The van der Waals surface area contributed by atoms with Gasteiger partial charge in [0.15, 0.2) is 0 Å². The van der Waals surface area contributed by atoms with Crippen LogP contribution in [-0.2, 0) is 13.2 Å². The number of ether oxygens (including phenoxy) is 2. The van der Waals surface area contributed by atoms with Gasteiger partial charge in [-0.3, -0.25) is 0 Å². The van der Waals surface area contributed by atoms with Crippen LogP contribution in [0.5, 0.6) is 11.5 Å². The second kappa shape index (κ2) is 24.8. The summed E-state index contributed by atoms with van der Waals surface area (Å²) in [4.78, 5) is 4.56. The molecule has 0 saturated heterocycles. The molecule has 0 heterocycles. The zero-order chi connectivity index (χ0) is 56.3. The Kier molecular flexibility index (Phi) is 15.5. The normalized spacial score (nSPS) is 11.0. The molecule has 0 aliphatic carbocycles. The first-order valence-electron chi connectivity index (χ1n) is 28.6. The minimum Gasteiger partial charge on any atom is -0.489 e. The Morgan fingerprint density at radius 2 is 0.393 bits per heavy atom. The molecule has 0 fully saturated rings. The van der Waals surface area contributed by atoms with E-state index in [1.807, 2.05) is 0 Å². The molecular weight excluding hydrogens is 1020 g/mol. The lowest BCUT2D eigenvalue weighted by Crippen LogP contribution is -2.09. The van der Waals surface area contributed by atoms with Crippen molar-refractivity contribution in [3.05, 3.63) is 351 Å². The molecule has 4 heteroatoms. The molecule has 4 nitrogen and oxygen atoms in total. The van der Waals surface area contributed by atoms with Gasteiger partial charge < -0.3 is 19.3 Å². The fourth-order valence-corrected chi connectivity index (χ4v) is 10.9. The molecular formula is C80H60N2O2. The molecule has 0 saturated carbocycles. The van der Waals surface area contributed by atoms with Crippen molar-refractivity contribution >= 4 is 34.1 Å². The highest BCUT2D eigenvalue weighted by Gasteiger charge is 2.16. The van der Waals surface area contributed by atoms with E-state index in [0.717, 1.165) is 67.9 Å². The van der Waals surface area contributed by atoms with E-state index in [1.165, 1.54) is 55.6 Å². The molecule has 0 radical (unpaired) electrons. The Bertz CT molecular complexity index is 3970. The quantitative estimate of drug-likeness (QED) is 0.0855. The summed E-state index contributed by atoms with van der Waals surface area (Å²) in [5, 5.41) is 0. The van der Waals surface area contributed by atoms with Crippen molar-refractivity contribution in [3.63, 3.8) is 0 Å². The van der Waals surface area contributed by atoms with Crippen molar-refractivity contribution in [2.75, 3.05) is 9.80 Å². The molecule has 0 bridgehead atoms. The van der Waals surface area contributed by atoms with E-state index < -0.39 is 0 Å². The predicted octanol–water partition coefficient (Wildman–Crippen LogP) is 21.8. The van der Waals surface area contributed by atoms with Crippen LogP contribution in [-0.4, -0.2) is 0 Å². The first-order chi connectivity index (χ1) is 41.6. The smallest absolute Gasteiger partial charge is 0.119 e. The molecule has 0 amide bonds. The number of nitrogens with zero attached hydrogens (tertiary/aromatic N) is 2. The number of anilines is 6. The Morgan fingerprint density at radius 3 is 0.679 bits per heavy atom. The third-order valence-electron chi connectivity index (χ3n) is 15.3. The second-order valence-corrected chi connectivity index (χ2v) is 20.9. The number of hydrogen-bond acceptors (Lipinski definition) is 4. The Balaban J connectivity index is 0.633. The Morgan fingerprint density at radius 1 is 0.179 bits per heavy atom. The van der Waals surface area contributed by atoms with Gasteiger partial charge in [0.25, 0.3) is 0 Å². The van der Waals surface area contributed by atoms with Crippen LogP contribution in [0.2, 0.25) is 0 Å². The van der Waals surface area contributed by atoms with Crippen LogP contribution in [0.1, 0.15) is 11.1 Å². The summed E-state index contributed by atoms with van der Waals surface area (Å²) in [5.41, 5.74) is 22.8. The summed E-state index contributed by atoms with van der Waals surface area (Å²) in [6, 6.07) is 120. The van der Waals surface area contributed by atoms with Gasteiger partial charge in [0.1, 0.15) is 24.7 Å². The van der Waals surface area contributed by atoms with Gasteiger partial charge in [-0.1, -0.05) is 218 Å². The lowest BCUT2D eigenvalue weighted by Gasteiger charge is -2.26. The lowest BCUT2D eigenvalue weighted by atomic mass is 9.96. The van der Waals surface area contributed by atoms with Crippen LogP contribution in [0.4, 0.5) is 34.1 Å². The van der Waals surface area contributed by atoms with Crippen molar-refractivity contribution in [3.8, 4) is 78.3 Å². The molecule has 0 aliphatic heterocycles. The minimum atomic E-state index is 0.448. The molecule has 0 atom stereocenters.